The first-order valence-corrected chi connectivity index (χ1v) is 11.7. The minimum Gasteiger partial charge on any atom is -0.489 e. The maximum atomic E-state index is 12.5. The molecule has 5 nitrogen and oxygen atoms in total. The first kappa shape index (κ1) is 20.8. The van der Waals surface area contributed by atoms with Crippen LogP contribution in [0.25, 0.3) is 11.3 Å². The lowest BCUT2D eigenvalue weighted by atomic mass is 10.1. The maximum absolute atomic E-state index is 12.5. The van der Waals surface area contributed by atoms with Crippen LogP contribution in [0.3, 0.4) is 0 Å². The summed E-state index contributed by atoms with van der Waals surface area (Å²) in [5, 5.41) is 9.69. The number of aromatic nitrogens is 1. The Labute approximate surface area is 195 Å². The smallest absolute Gasteiger partial charge is 0.273 e. The highest BCUT2D eigenvalue weighted by atomic mass is 35.5. The minimum absolute atomic E-state index is 0.212. The van der Waals surface area contributed by atoms with Crippen LogP contribution in [0.15, 0.2) is 76.6 Å². The number of carbonyl (C=O) groups excluding carboxylic acids is 1. The van der Waals surface area contributed by atoms with Crippen molar-refractivity contribution in [2.75, 3.05) is 6.54 Å². The van der Waals surface area contributed by atoms with E-state index in [4.69, 9.17) is 20.9 Å². The van der Waals surface area contributed by atoms with Crippen LogP contribution >= 0.6 is 22.9 Å². The van der Waals surface area contributed by atoms with Crippen LogP contribution in [-0.4, -0.2) is 17.6 Å². The van der Waals surface area contributed by atoms with Crippen molar-refractivity contribution in [1.29, 1.82) is 0 Å². The lowest BCUT2D eigenvalue weighted by Gasteiger charge is -2.08. The summed E-state index contributed by atoms with van der Waals surface area (Å²) < 4.78 is 11.2. The molecule has 1 aliphatic rings. The standard InChI is InChI=1S/C25H21ClN2O3S/c26-21-5-2-1-4-17(21)15-30-19-9-7-16(8-10-19)23-13-22(28-31-23)25(29)27-14-18-12-20(18)24-6-3-11-32-24/h1-11,13,18,20H,12,14-15H2,(H,27,29). The predicted octanol–water partition coefficient (Wildman–Crippen LogP) is 6.17. The molecule has 0 spiro atoms. The van der Waals surface area contributed by atoms with E-state index in [0.29, 0.717) is 35.8 Å². The van der Waals surface area contributed by atoms with Gasteiger partial charge in [0.2, 0.25) is 0 Å². The van der Waals surface area contributed by atoms with E-state index in [1.165, 1.54) is 4.88 Å². The molecule has 5 rings (SSSR count). The van der Waals surface area contributed by atoms with Crippen LogP contribution in [0.4, 0.5) is 0 Å². The number of nitrogens with zero attached hydrogens (tertiary/aromatic N) is 1. The van der Waals surface area contributed by atoms with E-state index in [9.17, 15) is 4.79 Å². The quantitative estimate of drug-likeness (QED) is 0.338. The van der Waals surface area contributed by atoms with Crippen LogP contribution in [0, 0.1) is 5.92 Å². The van der Waals surface area contributed by atoms with Crippen molar-refractivity contribution in [3.63, 3.8) is 0 Å². The Morgan fingerprint density at radius 3 is 2.78 bits per heavy atom. The largest absolute Gasteiger partial charge is 0.489 e. The monoisotopic (exact) mass is 464 g/mol. The molecule has 2 unspecified atom stereocenters. The van der Waals surface area contributed by atoms with Gasteiger partial charge in [-0.1, -0.05) is 41.0 Å². The maximum Gasteiger partial charge on any atom is 0.273 e. The highest BCUT2D eigenvalue weighted by Gasteiger charge is 2.39. The average Bonchev–Trinajstić information content (AvgIpc) is 3.20. The van der Waals surface area contributed by atoms with Gasteiger partial charge in [-0.3, -0.25) is 4.79 Å². The number of hydrogen-bond acceptors (Lipinski definition) is 5. The molecular formula is C25H21ClN2O3S. The molecule has 4 aromatic rings. The number of benzene rings is 2. The Kier molecular flexibility index (Phi) is 5.97. The number of nitrogens with one attached hydrogen (secondary N) is 1. The Bertz CT molecular complexity index is 1200. The lowest BCUT2D eigenvalue weighted by molar-refractivity contribution is 0.0942. The Morgan fingerprint density at radius 1 is 1.16 bits per heavy atom. The van der Waals surface area contributed by atoms with E-state index in [1.54, 1.807) is 17.4 Å². The SMILES string of the molecule is O=C(NCC1CC1c1cccs1)c1cc(-c2ccc(OCc3ccccc3Cl)cc2)on1. The van der Waals surface area contributed by atoms with Crippen molar-refractivity contribution in [3.05, 3.63) is 93.3 Å². The third kappa shape index (κ3) is 4.71. The number of ether oxygens (including phenoxy) is 1. The van der Waals surface area contributed by atoms with Crippen LogP contribution in [0.5, 0.6) is 5.75 Å². The fraction of sp³-hybridized carbons (Fsp3) is 0.200. The van der Waals surface area contributed by atoms with Gasteiger partial charge in [0.15, 0.2) is 11.5 Å². The van der Waals surface area contributed by atoms with E-state index >= 15 is 0 Å². The van der Waals surface area contributed by atoms with E-state index in [-0.39, 0.29) is 11.6 Å². The van der Waals surface area contributed by atoms with Gasteiger partial charge in [-0.2, -0.15) is 0 Å². The van der Waals surface area contributed by atoms with Crippen molar-refractivity contribution in [2.24, 2.45) is 5.92 Å². The predicted molar refractivity (Wildman–Crippen MR) is 125 cm³/mol. The molecule has 2 aromatic heterocycles. The summed E-state index contributed by atoms with van der Waals surface area (Å²) >= 11 is 7.94. The van der Waals surface area contributed by atoms with Crippen molar-refractivity contribution in [1.82, 2.24) is 10.5 Å². The Morgan fingerprint density at radius 2 is 2.00 bits per heavy atom. The summed E-state index contributed by atoms with van der Waals surface area (Å²) in [4.78, 5) is 13.9. The summed E-state index contributed by atoms with van der Waals surface area (Å²) in [6.45, 7) is 1.04. The first-order chi connectivity index (χ1) is 15.7. The topological polar surface area (TPSA) is 64.4 Å². The molecule has 2 aromatic carbocycles. The Hall–Kier alpha value is -3.09. The zero-order valence-electron chi connectivity index (χ0n) is 17.2. The summed E-state index contributed by atoms with van der Waals surface area (Å²) in [6.07, 6.45) is 1.12. The molecular weight excluding hydrogens is 444 g/mol. The summed E-state index contributed by atoms with van der Waals surface area (Å²) in [7, 11) is 0. The highest BCUT2D eigenvalue weighted by molar-refractivity contribution is 7.10. The fourth-order valence-electron chi connectivity index (χ4n) is 3.65. The number of carbonyl (C=O) groups is 1. The Balaban J connectivity index is 1.14. The van der Waals surface area contributed by atoms with Gasteiger partial charge in [0.25, 0.3) is 5.91 Å². The van der Waals surface area contributed by atoms with E-state index in [2.05, 4.69) is 28.0 Å². The third-order valence-electron chi connectivity index (χ3n) is 5.59. The van der Waals surface area contributed by atoms with Gasteiger partial charge in [-0.25, -0.2) is 0 Å². The molecule has 2 heterocycles. The second kappa shape index (κ2) is 9.18. The second-order valence-electron chi connectivity index (χ2n) is 7.81. The van der Waals surface area contributed by atoms with Crippen molar-refractivity contribution in [3.8, 4) is 17.1 Å². The van der Waals surface area contributed by atoms with Crippen LogP contribution in [0.2, 0.25) is 5.02 Å². The van der Waals surface area contributed by atoms with Gasteiger partial charge >= 0.3 is 0 Å². The summed E-state index contributed by atoms with van der Waals surface area (Å²) in [5.41, 5.74) is 2.03. The molecule has 0 bridgehead atoms. The molecule has 162 valence electrons. The van der Waals surface area contributed by atoms with E-state index in [0.717, 1.165) is 23.3 Å². The van der Waals surface area contributed by atoms with Crippen LogP contribution in [0.1, 0.15) is 33.3 Å². The molecule has 1 fully saturated rings. The molecule has 1 saturated carbocycles. The molecule has 0 aliphatic heterocycles. The summed E-state index contributed by atoms with van der Waals surface area (Å²) in [5.74, 6) is 2.12. The van der Waals surface area contributed by atoms with E-state index in [1.807, 2.05) is 48.5 Å². The molecule has 1 aliphatic carbocycles. The van der Waals surface area contributed by atoms with Crippen LogP contribution in [-0.2, 0) is 6.61 Å². The average molecular weight is 465 g/mol. The fourth-order valence-corrected chi connectivity index (χ4v) is 4.77. The first-order valence-electron chi connectivity index (χ1n) is 10.4. The molecule has 32 heavy (non-hydrogen) atoms. The second-order valence-corrected chi connectivity index (χ2v) is 9.20. The number of hydrogen-bond donors (Lipinski definition) is 1. The highest BCUT2D eigenvalue weighted by Crippen LogP contribution is 2.48. The number of amides is 1. The zero-order chi connectivity index (χ0) is 21.9. The minimum atomic E-state index is -0.212. The van der Waals surface area contributed by atoms with Crippen molar-refractivity contribution >= 4 is 28.8 Å². The normalized spacial score (nSPS) is 17.2. The molecule has 0 radical (unpaired) electrons. The number of halogens is 1. The van der Waals surface area contributed by atoms with Crippen molar-refractivity contribution in [2.45, 2.75) is 18.9 Å². The van der Waals surface area contributed by atoms with Gasteiger partial charge in [-0.15, -0.1) is 11.3 Å². The van der Waals surface area contributed by atoms with Crippen LogP contribution < -0.4 is 10.1 Å². The van der Waals surface area contributed by atoms with Gasteiger partial charge in [0.1, 0.15) is 12.4 Å². The molecule has 1 amide bonds. The molecule has 7 heteroatoms. The van der Waals surface area contributed by atoms with Gasteiger partial charge in [-0.05, 0) is 60.0 Å². The molecule has 1 N–H and O–H groups in total. The lowest BCUT2D eigenvalue weighted by Crippen LogP contribution is -2.26. The molecule has 0 saturated heterocycles. The molecule has 2 atom stereocenters. The van der Waals surface area contributed by atoms with Gasteiger partial charge in [0.05, 0.1) is 0 Å². The van der Waals surface area contributed by atoms with Crippen molar-refractivity contribution < 1.29 is 14.1 Å². The zero-order valence-corrected chi connectivity index (χ0v) is 18.7. The number of rotatable bonds is 8. The van der Waals surface area contributed by atoms with Gasteiger partial charge in [0, 0.05) is 33.6 Å². The van der Waals surface area contributed by atoms with E-state index < -0.39 is 0 Å². The summed E-state index contributed by atoms with van der Waals surface area (Å²) in [6, 6.07) is 20.9. The number of thiophene rings is 1. The third-order valence-corrected chi connectivity index (χ3v) is 6.96. The van der Waals surface area contributed by atoms with Gasteiger partial charge < -0.3 is 14.6 Å².